The van der Waals surface area contributed by atoms with E-state index in [0.29, 0.717) is 0 Å². The Balaban J connectivity index is 1.68. The lowest BCUT2D eigenvalue weighted by atomic mass is 9.87. The first-order valence-corrected chi connectivity index (χ1v) is 11.5. The van der Waals surface area contributed by atoms with E-state index < -0.39 is 35.4 Å². The molecular formula is C26H30N2O7. The lowest BCUT2D eigenvalue weighted by molar-refractivity contribution is -0.149. The molecule has 9 nitrogen and oxygen atoms in total. The summed E-state index contributed by atoms with van der Waals surface area (Å²) in [5, 5.41) is 14.1. The van der Waals surface area contributed by atoms with E-state index in [-0.39, 0.29) is 32.1 Å². The van der Waals surface area contributed by atoms with Gasteiger partial charge in [0, 0.05) is 12.5 Å². The maximum Gasteiger partial charge on any atom is 0.408 e. The predicted octanol–water partition coefficient (Wildman–Crippen LogP) is 3.07. The number of amides is 2. The minimum atomic E-state index is -1.68. The number of benzene rings is 2. The zero-order valence-electron chi connectivity index (χ0n) is 20.0. The van der Waals surface area contributed by atoms with Crippen molar-refractivity contribution >= 4 is 23.9 Å². The van der Waals surface area contributed by atoms with Crippen LogP contribution < -0.4 is 10.6 Å². The van der Waals surface area contributed by atoms with Gasteiger partial charge in [-0.15, -0.1) is 0 Å². The number of nitrogens with one attached hydrogen (secondary N) is 2. The van der Waals surface area contributed by atoms with Crippen LogP contribution in [0.5, 0.6) is 0 Å². The molecular weight excluding hydrogens is 452 g/mol. The first-order chi connectivity index (χ1) is 16.7. The van der Waals surface area contributed by atoms with Crippen molar-refractivity contribution in [2.75, 3.05) is 19.8 Å². The van der Waals surface area contributed by atoms with Crippen LogP contribution >= 0.6 is 0 Å². The van der Waals surface area contributed by atoms with Crippen LogP contribution in [0.3, 0.4) is 0 Å². The third-order valence-corrected chi connectivity index (χ3v) is 6.34. The van der Waals surface area contributed by atoms with E-state index >= 15 is 0 Å². The summed E-state index contributed by atoms with van der Waals surface area (Å²) in [5.74, 6) is -3.12. The molecule has 2 atom stereocenters. The summed E-state index contributed by atoms with van der Waals surface area (Å²) in [5.41, 5.74) is 2.96. The topological polar surface area (TPSA) is 131 Å². The van der Waals surface area contributed by atoms with Gasteiger partial charge in [-0.1, -0.05) is 55.5 Å². The van der Waals surface area contributed by atoms with Gasteiger partial charge in [0.1, 0.15) is 6.61 Å². The quantitative estimate of drug-likeness (QED) is 0.350. The van der Waals surface area contributed by atoms with E-state index in [1.165, 1.54) is 6.92 Å². The van der Waals surface area contributed by atoms with E-state index in [1.54, 1.807) is 13.8 Å². The Labute approximate surface area is 203 Å². The Morgan fingerprint density at radius 3 is 2.06 bits per heavy atom. The number of ether oxygens (including phenoxy) is 2. The van der Waals surface area contributed by atoms with Crippen LogP contribution in [0.25, 0.3) is 11.1 Å². The molecule has 186 valence electrons. The Kier molecular flexibility index (Phi) is 8.11. The molecule has 2 unspecified atom stereocenters. The molecule has 0 radical (unpaired) electrons. The number of carbonyl (C=O) groups is 4. The molecule has 0 heterocycles. The lowest BCUT2D eigenvalue weighted by Crippen LogP contribution is -2.54. The Bertz CT molecular complexity index is 1070. The molecule has 2 aromatic rings. The summed E-state index contributed by atoms with van der Waals surface area (Å²) in [7, 11) is 0. The van der Waals surface area contributed by atoms with Crippen molar-refractivity contribution in [3.05, 3.63) is 59.7 Å². The van der Waals surface area contributed by atoms with Crippen molar-refractivity contribution < 1.29 is 33.8 Å². The first kappa shape index (κ1) is 25.7. The van der Waals surface area contributed by atoms with Gasteiger partial charge in [0.25, 0.3) is 5.91 Å². The molecule has 35 heavy (non-hydrogen) atoms. The van der Waals surface area contributed by atoms with E-state index in [2.05, 4.69) is 10.6 Å². The molecule has 2 aromatic carbocycles. The average molecular weight is 483 g/mol. The summed E-state index contributed by atoms with van der Waals surface area (Å²) in [6.45, 7) is 4.51. The van der Waals surface area contributed by atoms with E-state index in [9.17, 15) is 24.3 Å². The number of carboxylic acids is 1. The van der Waals surface area contributed by atoms with Gasteiger partial charge in [0.2, 0.25) is 6.04 Å². The number of aliphatic carboxylic acids is 1. The fourth-order valence-corrected chi connectivity index (χ4v) is 3.95. The largest absolute Gasteiger partial charge is 0.481 e. The van der Waals surface area contributed by atoms with Crippen LogP contribution in [0.1, 0.15) is 44.2 Å². The summed E-state index contributed by atoms with van der Waals surface area (Å²) in [4.78, 5) is 49.2. The molecule has 1 aliphatic rings. The minimum absolute atomic E-state index is 0.00319. The van der Waals surface area contributed by atoms with Gasteiger partial charge >= 0.3 is 18.0 Å². The fraction of sp³-hybridized carbons (Fsp3) is 0.385. The number of carbonyl (C=O) groups excluding carboxylic acids is 3. The number of hydrogen-bond acceptors (Lipinski definition) is 6. The molecule has 0 fully saturated rings. The van der Waals surface area contributed by atoms with Gasteiger partial charge in [-0.25, -0.2) is 9.59 Å². The Morgan fingerprint density at radius 1 is 0.971 bits per heavy atom. The normalized spacial score (nSPS) is 14.6. The van der Waals surface area contributed by atoms with Crippen LogP contribution in [-0.4, -0.2) is 54.8 Å². The highest BCUT2D eigenvalue weighted by atomic mass is 16.6. The van der Waals surface area contributed by atoms with Crippen molar-refractivity contribution in [3.8, 4) is 11.1 Å². The predicted molar refractivity (Wildman–Crippen MR) is 128 cm³/mol. The minimum Gasteiger partial charge on any atom is -0.481 e. The number of esters is 1. The molecule has 1 aliphatic carbocycles. The number of alkyl carbamates (subject to hydrolysis) is 1. The molecule has 0 saturated carbocycles. The van der Waals surface area contributed by atoms with Gasteiger partial charge < -0.3 is 19.9 Å². The summed E-state index contributed by atoms with van der Waals surface area (Å²) in [6, 6.07) is 14.0. The molecule has 0 spiro atoms. The standard InChI is InChI=1S/C26H30N2O7/c1-4-26(3,24(31)32)15-27-22(29)21(23(30)34-5-2)28-25(33)35-14-20-18-12-8-6-10-16(18)17-11-7-9-13-19(17)20/h6-13,20-21H,4-5,14-15H2,1-3H3,(H,27,29)(H,28,33)(H,31,32). The van der Waals surface area contributed by atoms with E-state index in [1.807, 2.05) is 48.5 Å². The second-order valence-corrected chi connectivity index (χ2v) is 8.59. The number of fused-ring (bicyclic) bond motifs is 3. The van der Waals surface area contributed by atoms with Crippen LogP contribution in [-0.2, 0) is 23.9 Å². The number of rotatable bonds is 10. The van der Waals surface area contributed by atoms with Crippen molar-refractivity contribution in [1.82, 2.24) is 10.6 Å². The van der Waals surface area contributed by atoms with Gasteiger partial charge in [-0.2, -0.15) is 0 Å². The highest BCUT2D eigenvalue weighted by Crippen LogP contribution is 2.44. The fourth-order valence-electron chi connectivity index (χ4n) is 3.95. The smallest absolute Gasteiger partial charge is 0.408 e. The lowest BCUT2D eigenvalue weighted by Gasteiger charge is -2.25. The SMILES string of the molecule is CCOC(=O)C(NC(=O)OCC1c2ccccc2-c2ccccc21)C(=O)NCC(C)(CC)C(=O)O. The third-order valence-electron chi connectivity index (χ3n) is 6.34. The molecule has 0 aliphatic heterocycles. The molecule has 9 heteroatoms. The highest BCUT2D eigenvalue weighted by molar-refractivity contribution is 6.04. The van der Waals surface area contributed by atoms with Crippen LogP contribution in [0.4, 0.5) is 4.79 Å². The molecule has 0 bridgehead atoms. The van der Waals surface area contributed by atoms with Gasteiger partial charge in [-0.3, -0.25) is 14.9 Å². The maximum atomic E-state index is 12.7. The van der Waals surface area contributed by atoms with Gasteiger partial charge in [0.05, 0.1) is 12.0 Å². The average Bonchev–Trinajstić information content (AvgIpc) is 3.18. The zero-order chi connectivity index (χ0) is 25.6. The van der Waals surface area contributed by atoms with Gasteiger partial charge in [-0.05, 0) is 42.5 Å². The van der Waals surface area contributed by atoms with Crippen molar-refractivity contribution in [2.24, 2.45) is 5.41 Å². The van der Waals surface area contributed by atoms with Crippen molar-refractivity contribution in [1.29, 1.82) is 0 Å². The van der Waals surface area contributed by atoms with Crippen LogP contribution in [0.2, 0.25) is 0 Å². The first-order valence-electron chi connectivity index (χ1n) is 11.5. The van der Waals surface area contributed by atoms with Gasteiger partial charge in [0.15, 0.2) is 0 Å². The second kappa shape index (κ2) is 11.0. The number of carboxylic acid groups (broad SMARTS) is 1. The Hall–Kier alpha value is -3.88. The summed E-state index contributed by atoms with van der Waals surface area (Å²) >= 11 is 0. The maximum absolute atomic E-state index is 12.7. The van der Waals surface area contributed by atoms with Crippen LogP contribution in [0.15, 0.2) is 48.5 Å². The third kappa shape index (κ3) is 5.62. The zero-order valence-corrected chi connectivity index (χ0v) is 20.0. The molecule has 0 saturated heterocycles. The summed E-state index contributed by atoms with van der Waals surface area (Å²) < 4.78 is 10.3. The van der Waals surface area contributed by atoms with Crippen molar-refractivity contribution in [3.63, 3.8) is 0 Å². The van der Waals surface area contributed by atoms with Crippen molar-refractivity contribution in [2.45, 2.75) is 39.2 Å². The second-order valence-electron chi connectivity index (χ2n) is 8.59. The molecule has 3 rings (SSSR count). The number of hydrogen-bond donors (Lipinski definition) is 3. The highest BCUT2D eigenvalue weighted by Gasteiger charge is 2.36. The summed E-state index contributed by atoms with van der Waals surface area (Å²) in [6.07, 6.45) is -0.705. The van der Waals surface area contributed by atoms with E-state index in [4.69, 9.17) is 9.47 Å². The molecule has 2 amide bonds. The monoisotopic (exact) mass is 482 g/mol. The van der Waals surface area contributed by atoms with E-state index in [0.717, 1.165) is 22.3 Å². The molecule has 3 N–H and O–H groups in total. The molecule has 0 aromatic heterocycles. The Morgan fingerprint density at radius 2 is 1.54 bits per heavy atom. The van der Waals surface area contributed by atoms with Crippen LogP contribution in [0, 0.1) is 5.41 Å².